The summed E-state index contributed by atoms with van der Waals surface area (Å²) in [7, 11) is 0. The van der Waals surface area contributed by atoms with Crippen molar-refractivity contribution in [2.45, 2.75) is 33.8 Å². The van der Waals surface area contributed by atoms with Crippen LogP contribution in [-0.4, -0.2) is 6.10 Å². The molecule has 0 saturated carbocycles. The summed E-state index contributed by atoms with van der Waals surface area (Å²) < 4.78 is 6.99. The summed E-state index contributed by atoms with van der Waals surface area (Å²) in [6.07, 6.45) is 0.248. The van der Waals surface area contributed by atoms with Gasteiger partial charge in [-0.3, -0.25) is 0 Å². The van der Waals surface area contributed by atoms with Gasteiger partial charge in [0, 0.05) is 3.57 Å². The van der Waals surface area contributed by atoms with E-state index in [1.54, 1.807) is 0 Å². The van der Waals surface area contributed by atoms with E-state index in [-0.39, 0.29) is 6.10 Å². The number of ether oxygens (including phenoxy) is 1. The molecule has 1 aromatic carbocycles. The van der Waals surface area contributed by atoms with E-state index in [0.717, 1.165) is 5.75 Å². The fourth-order valence-corrected chi connectivity index (χ4v) is 2.25. The van der Waals surface area contributed by atoms with Gasteiger partial charge in [0.05, 0.1) is 6.10 Å². The largest absolute Gasteiger partial charge is 0.490 e. The number of rotatable bonds is 2. The number of hydrogen-bond acceptors (Lipinski definition) is 1. The molecule has 0 aliphatic rings. The Bertz CT molecular complexity index is 282. The maximum Gasteiger partial charge on any atom is 0.125 e. The molecule has 1 rings (SSSR count). The van der Waals surface area contributed by atoms with Crippen LogP contribution >= 0.6 is 22.6 Å². The predicted molar refractivity (Wildman–Crippen MR) is 64.4 cm³/mol. The van der Waals surface area contributed by atoms with Crippen LogP contribution in [-0.2, 0) is 0 Å². The topological polar surface area (TPSA) is 9.23 Å². The fourth-order valence-electron chi connectivity index (χ4n) is 1.32. The molecule has 0 aliphatic carbocycles. The van der Waals surface area contributed by atoms with Crippen molar-refractivity contribution in [1.82, 2.24) is 0 Å². The molecule has 13 heavy (non-hydrogen) atoms. The molecule has 0 aliphatic heterocycles. The van der Waals surface area contributed by atoms with E-state index in [1.807, 2.05) is 0 Å². The van der Waals surface area contributed by atoms with Gasteiger partial charge in [-0.1, -0.05) is 0 Å². The van der Waals surface area contributed by atoms with Gasteiger partial charge in [-0.15, -0.1) is 0 Å². The summed E-state index contributed by atoms with van der Waals surface area (Å²) in [6.45, 7) is 8.29. The van der Waals surface area contributed by atoms with E-state index in [0.29, 0.717) is 0 Å². The van der Waals surface area contributed by atoms with Crippen molar-refractivity contribution in [3.63, 3.8) is 0 Å². The van der Waals surface area contributed by atoms with Crippen LogP contribution in [0.15, 0.2) is 12.1 Å². The molecule has 0 unspecified atom stereocenters. The maximum absolute atomic E-state index is 5.73. The first-order chi connectivity index (χ1) is 6.00. The SMILES string of the molecule is Cc1cc(I)cc(C)c1OC(C)C. The van der Waals surface area contributed by atoms with Gasteiger partial charge in [0.1, 0.15) is 5.75 Å². The van der Waals surface area contributed by atoms with Crippen LogP contribution in [0.1, 0.15) is 25.0 Å². The summed E-state index contributed by atoms with van der Waals surface area (Å²) in [4.78, 5) is 0. The molecule has 1 aromatic rings. The molecule has 0 bridgehead atoms. The fraction of sp³-hybridized carbons (Fsp3) is 0.455. The molecule has 0 radical (unpaired) electrons. The van der Waals surface area contributed by atoms with E-state index in [2.05, 4.69) is 62.4 Å². The smallest absolute Gasteiger partial charge is 0.125 e. The number of hydrogen-bond donors (Lipinski definition) is 0. The number of halogens is 1. The standard InChI is InChI=1S/C11H15IO/c1-7(2)13-11-8(3)5-10(12)6-9(11)4/h5-7H,1-4H3. The average molecular weight is 290 g/mol. The van der Waals surface area contributed by atoms with E-state index < -0.39 is 0 Å². The highest BCUT2D eigenvalue weighted by molar-refractivity contribution is 14.1. The molecule has 0 fully saturated rings. The summed E-state index contributed by atoms with van der Waals surface area (Å²) in [5, 5.41) is 0. The maximum atomic E-state index is 5.73. The van der Waals surface area contributed by atoms with Gasteiger partial charge in [0.25, 0.3) is 0 Å². The molecule has 0 aromatic heterocycles. The second-order valence-electron chi connectivity index (χ2n) is 3.54. The molecule has 0 amide bonds. The van der Waals surface area contributed by atoms with Gasteiger partial charge in [-0.2, -0.15) is 0 Å². The Kier molecular flexibility index (Phi) is 3.59. The van der Waals surface area contributed by atoms with Crippen LogP contribution in [0, 0.1) is 17.4 Å². The van der Waals surface area contributed by atoms with Gasteiger partial charge < -0.3 is 4.74 Å². The first kappa shape index (κ1) is 10.8. The third-order valence-corrected chi connectivity index (χ3v) is 2.40. The molecule has 2 heteroatoms. The minimum atomic E-state index is 0.248. The Labute approximate surface area is 93.6 Å². The van der Waals surface area contributed by atoms with Crippen molar-refractivity contribution in [1.29, 1.82) is 0 Å². The van der Waals surface area contributed by atoms with Crippen LogP contribution in [0.3, 0.4) is 0 Å². The third-order valence-electron chi connectivity index (χ3n) is 1.78. The predicted octanol–water partition coefficient (Wildman–Crippen LogP) is 3.70. The van der Waals surface area contributed by atoms with Crippen molar-refractivity contribution in [3.05, 3.63) is 26.8 Å². The van der Waals surface area contributed by atoms with Gasteiger partial charge in [-0.05, 0) is 73.5 Å². The highest BCUT2D eigenvalue weighted by atomic mass is 127. The molecule has 0 spiro atoms. The van der Waals surface area contributed by atoms with Gasteiger partial charge in [0.15, 0.2) is 0 Å². The van der Waals surface area contributed by atoms with Gasteiger partial charge >= 0.3 is 0 Å². The number of benzene rings is 1. The minimum Gasteiger partial charge on any atom is -0.490 e. The lowest BCUT2D eigenvalue weighted by Crippen LogP contribution is -2.08. The van der Waals surface area contributed by atoms with E-state index >= 15 is 0 Å². The lowest BCUT2D eigenvalue weighted by Gasteiger charge is -2.15. The van der Waals surface area contributed by atoms with Crippen LogP contribution in [0.2, 0.25) is 0 Å². The molecule has 0 saturated heterocycles. The Morgan fingerprint density at radius 1 is 1.15 bits per heavy atom. The summed E-state index contributed by atoms with van der Waals surface area (Å²) in [5.41, 5.74) is 2.44. The molecule has 72 valence electrons. The number of aryl methyl sites for hydroxylation is 2. The van der Waals surface area contributed by atoms with E-state index in [9.17, 15) is 0 Å². The zero-order valence-electron chi connectivity index (χ0n) is 8.52. The average Bonchev–Trinajstić information content (AvgIpc) is 1.96. The first-order valence-electron chi connectivity index (χ1n) is 4.44. The van der Waals surface area contributed by atoms with E-state index in [1.165, 1.54) is 14.7 Å². The third kappa shape index (κ3) is 2.86. The lowest BCUT2D eigenvalue weighted by atomic mass is 10.1. The molecule has 0 atom stereocenters. The summed E-state index contributed by atoms with van der Waals surface area (Å²) >= 11 is 2.33. The molecule has 1 nitrogen and oxygen atoms in total. The molecule has 0 N–H and O–H groups in total. The van der Waals surface area contributed by atoms with Crippen LogP contribution in [0.5, 0.6) is 5.75 Å². The quantitative estimate of drug-likeness (QED) is 0.755. The molecular weight excluding hydrogens is 275 g/mol. The monoisotopic (exact) mass is 290 g/mol. The van der Waals surface area contributed by atoms with Crippen molar-refractivity contribution in [2.75, 3.05) is 0 Å². The minimum absolute atomic E-state index is 0.248. The summed E-state index contributed by atoms with van der Waals surface area (Å²) in [5.74, 6) is 1.04. The van der Waals surface area contributed by atoms with Gasteiger partial charge in [0.2, 0.25) is 0 Å². The highest BCUT2D eigenvalue weighted by Gasteiger charge is 2.06. The Morgan fingerprint density at radius 2 is 1.62 bits per heavy atom. The van der Waals surface area contributed by atoms with Crippen molar-refractivity contribution in [2.24, 2.45) is 0 Å². The zero-order valence-corrected chi connectivity index (χ0v) is 10.7. The van der Waals surface area contributed by atoms with Crippen molar-refractivity contribution >= 4 is 22.6 Å². The zero-order chi connectivity index (χ0) is 10.0. The second kappa shape index (κ2) is 4.31. The molecule has 0 heterocycles. The van der Waals surface area contributed by atoms with Crippen LogP contribution in [0.4, 0.5) is 0 Å². The van der Waals surface area contributed by atoms with E-state index in [4.69, 9.17) is 4.74 Å². The van der Waals surface area contributed by atoms with Gasteiger partial charge in [-0.25, -0.2) is 0 Å². The Hall–Kier alpha value is -0.250. The van der Waals surface area contributed by atoms with Crippen molar-refractivity contribution in [3.8, 4) is 5.75 Å². The van der Waals surface area contributed by atoms with Crippen molar-refractivity contribution < 1.29 is 4.74 Å². The second-order valence-corrected chi connectivity index (χ2v) is 4.78. The normalized spacial score (nSPS) is 10.6. The summed E-state index contributed by atoms with van der Waals surface area (Å²) in [6, 6.07) is 4.29. The lowest BCUT2D eigenvalue weighted by molar-refractivity contribution is 0.239. The van der Waals surface area contributed by atoms with Crippen LogP contribution in [0.25, 0.3) is 0 Å². The molecular formula is C11H15IO. The first-order valence-corrected chi connectivity index (χ1v) is 5.52. The van der Waals surface area contributed by atoms with Crippen LogP contribution < -0.4 is 4.74 Å². The Balaban J connectivity index is 3.06. The highest BCUT2D eigenvalue weighted by Crippen LogP contribution is 2.26. The Morgan fingerprint density at radius 3 is 2.00 bits per heavy atom.